The molecule has 3 N–H and O–H groups in total. The Labute approximate surface area is 175 Å². The van der Waals surface area contributed by atoms with Crippen molar-refractivity contribution in [3.8, 4) is 11.4 Å². The number of alkyl halides is 1. The number of hydrogen-bond donors (Lipinski definition) is 3. The number of rotatable bonds is 9. The first kappa shape index (κ1) is 21.6. The molecule has 0 spiro atoms. The number of aromatic carboxylic acids is 1. The van der Waals surface area contributed by atoms with Crippen molar-refractivity contribution in [3.63, 3.8) is 0 Å². The van der Waals surface area contributed by atoms with E-state index >= 15 is 0 Å². The van der Waals surface area contributed by atoms with Gasteiger partial charge >= 0.3 is 5.97 Å². The number of amides is 2. The van der Waals surface area contributed by atoms with Crippen LogP contribution in [-0.2, 0) is 11.3 Å². The Morgan fingerprint density at radius 3 is 2.77 bits per heavy atom. The minimum absolute atomic E-state index is 0.00342. The Hall–Kier alpha value is -4.09. The van der Waals surface area contributed by atoms with Gasteiger partial charge in [0.2, 0.25) is 5.91 Å². The number of carbonyl (C=O) groups excluding carboxylic acids is 2. The Kier molecular flexibility index (Phi) is 6.70. The summed E-state index contributed by atoms with van der Waals surface area (Å²) in [7, 11) is 0. The molecule has 0 aliphatic heterocycles. The Morgan fingerprint density at radius 1 is 1.23 bits per heavy atom. The molecule has 0 fully saturated rings. The molecule has 162 valence electrons. The lowest BCUT2D eigenvalue weighted by molar-refractivity contribution is -0.122. The van der Waals surface area contributed by atoms with Crippen molar-refractivity contribution in [2.75, 3.05) is 13.2 Å². The lowest BCUT2D eigenvalue weighted by Gasteiger charge is -2.12. The predicted octanol–water partition coefficient (Wildman–Crippen LogP) is 0.884. The van der Waals surface area contributed by atoms with Gasteiger partial charge in [0.05, 0.1) is 11.9 Å². The number of hydrogen-bond acceptors (Lipinski definition) is 7. The first-order valence-corrected chi connectivity index (χ1v) is 9.21. The molecule has 1 atom stereocenters. The molecule has 3 rings (SSSR count). The fourth-order valence-electron chi connectivity index (χ4n) is 2.59. The van der Waals surface area contributed by atoms with Gasteiger partial charge in [-0.2, -0.15) is 0 Å². The highest BCUT2D eigenvalue weighted by Gasteiger charge is 2.19. The monoisotopic (exact) mass is 430 g/mol. The third-order valence-corrected chi connectivity index (χ3v) is 4.11. The molecular weight excluding hydrogens is 411 g/mol. The summed E-state index contributed by atoms with van der Waals surface area (Å²) < 4.78 is 19.1. The summed E-state index contributed by atoms with van der Waals surface area (Å²) in [4.78, 5) is 39.0. The van der Waals surface area contributed by atoms with Gasteiger partial charge in [-0.25, -0.2) is 18.9 Å². The first-order valence-electron chi connectivity index (χ1n) is 9.21. The van der Waals surface area contributed by atoms with Crippen LogP contribution in [0.4, 0.5) is 4.39 Å². The number of aromatic nitrogens is 4. The van der Waals surface area contributed by atoms with Crippen LogP contribution in [0.5, 0.6) is 0 Å². The number of nitrogens with zero attached hydrogens (tertiary/aromatic N) is 4. The van der Waals surface area contributed by atoms with Crippen molar-refractivity contribution in [1.29, 1.82) is 0 Å². The highest BCUT2D eigenvalue weighted by atomic mass is 19.1. The second-order valence-electron chi connectivity index (χ2n) is 6.46. The standard InChI is InChI=1S/C19H19FN6O5/c1-11(17(27)21-8-7-20)22-18(28)16-6-5-12(31-16)9-26-10-15(24-25-26)13-3-2-4-14(23-13)19(29)30/h2-6,10-11H,7-9H2,1H3,(H,21,27)(H,22,28)(H,29,30). The van der Waals surface area contributed by atoms with E-state index in [0.29, 0.717) is 17.1 Å². The van der Waals surface area contributed by atoms with E-state index in [4.69, 9.17) is 9.52 Å². The molecule has 12 heteroatoms. The van der Waals surface area contributed by atoms with Crippen LogP contribution >= 0.6 is 0 Å². The van der Waals surface area contributed by atoms with E-state index in [2.05, 4.69) is 25.9 Å². The molecule has 11 nitrogen and oxygen atoms in total. The van der Waals surface area contributed by atoms with E-state index in [0.717, 1.165) is 0 Å². The molecule has 1 unspecified atom stereocenters. The normalized spacial score (nSPS) is 11.7. The molecule has 0 aromatic carbocycles. The van der Waals surface area contributed by atoms with Crippen molar-refractivity contribution in [1.82, 2.24) is 30.6 Å². The zero-order valence-corrected chi connectivity index (χ0v) is 16.4. The molecule has 0 saturated carbocycles. The van der Waals surface area contributed by atoms with Crippen molar-refractivity contribution in [2.45, 2.75) is 19.5 Å². The predicted molar refractivity (Wildman–Crippen MR) is 104 cm³/mol. The Bertz CT molecular complexity index is 1090. The smallest absolute Gasteiger partial charge is 0.354 e. The van der Waals surface area contributed by atoms with Crippen molar-refractivity contribution >= 4 is 17.8 Å². The SMILES string of the molecule is CC(NC(=O)c1ccc(Cn2cc(-c3cccc(C(=O)O)n3)nn2)o1)C(=O)NCCF. The molecule has 31 heavy (non-hydrogen) atoms. The maximum absolute atomic E-state index is 12.2. The number of nitrogens with one attached hydrogen (secondary N) is 2. The molecule has 3 heterocycles. The number of carboxylic acids is 1. The summed E-state index contributed by atoms with van der Waals surface area (Å²) in [6.45, 7) is 0.810. The fraction of sp³-hybridized carbons (Fsp3) is 0.263. The van der Waals surface area contributed by atoms with Gasteiger partial charge in [-0.15, -0.1) is 5.10 Å². The Balaban J connectivity index is 1.63. The molecule has 0 saturated heterocycles. The van der Waals surface area contributed by atoms with Gasteiger partial charge in [0, 0.05) is 6.54 Å². The average molecular weight is 430 g/mol. The average Bonchev–Trinajstić information content (AvgIpc) is 3.42. The number of carbonyl (C=O) groups is 3. The van der Waals surface area contributed by atoms with Crippen LogP contribution < -0.4 is 10.6 Å². The van der Waals surface area contributed by atoms with Gasteiger partial charge in [-0.05, 0) is 31.2 Å². The van der Waals surface area contributed by atoms with E-state index in [1.54, 1.807) is 24.4 Å². The number of carboxylic acid groups (broad SMARTS) is 1. The molecule has 0 aliphatic rings. The zero-order valence-electron chi connectivity index (χ0n) is 16.4. The third kappa shape index (κ3) is 5.50. The summed E-state index contributed by atoms with van der Waals surface area (Å²) in [6, 6.07) is 6.71. The van der Waals surface area contributed by atoms with Crippen LogP contribution in [0.25, 0.3) is 11.4 Å². The van der Waals surface area contributed by atoms with Crippen molar-refractivity contribution in [2.24, 2.45) is 0 Å². The van der Waals surface area contributed by atoms with E-state index < -0.39 is 30.5 Å². The number of pyridine rings is 1. The summed E-state index contributed by atoms with van der Waals surface area (Å²) in [5.74, 6) is -1.85. The highest BCUT2D eigenvalue weighted by Crippen LogP contribution is 2.15. The van der Waals surface area contributed by atoms with Gasteiger partial charge in [-0.3, -0.25) is 9.59 Å². The summed E-state index contributed by atoms with van der Waals surface area (Å²) in [5, 5.41) is 21.8. The summed E-state index contributed by atoms with van der Waals surface area (Å²) in [5.41, 5.74) is 0.618. The maximum Gasteiger partial charge on any atom is 0.354 e. The number of furan rings is 1. The fourth-order valence-corrected chi connectivity index (χ4v) is 2.59. The van der Waals surface area contributed by atoms with Crippen LogP contribution in [0.15, 0.2) is 40.9 Å². The second kappa shape index (κ2) is 9.61. The molecular formula is C19H19FN6O5. The van der Waals surface area contributed by atoms with Gasteiger partial charge in [0.1, 0.15) is 36.4 Å². The highest BCUT2D eigenvalue weighted by molar-refractivity contribution is 5.95. The third-order valence-electron chi connectivity index (χ3n) is 4.11. The summed E-state index contributed by atoms with van der Waals surface area (Å²) in [6.07, 6.45) is 1.56. The van der Waals surface area contributed by atoms with E-state index in [-0.39, 0.29) is 24.5 Å². The Morgan fingerprint density at radius 2 is 2.03 bits per heavy atom. The van der Waals surface area contributed by atoms with Crippen LogP contribution in [0.2, 0.25) is 0 Å². The second-order valence-corrected chi connectivity index (χ2v) is 6.46. The van der Waals surface area contributed by atoms with Crippen molar-refractivity contribution < 1.29 is 28.3 Å². The van der Waals surface area contributed by atoms with Gasteiger partial charge in [-0.1, -0.05) is 11.3 Å². The van der Waals surface area contributed by atoms with Gasteiger partial charge in [0.15, 0.2) is 5.76 Å². The minimum Gasteiger partial charge on any atom is -0.477 e. The van der Waals surface area contributed by atoms with E-state index in [9.17, 15) is 18.8 Å². The topological polar surface area (TPSA) is 152 Å². The maximum atomic E-state index is 12.2. The molecule has 0 aliphatic carbocycles. The van der Waals surface area contributed by atoms with Gasteiger partial charge < -0.3 is 20.2 Å². The summed E-state index contributed by atoms with van der Waals surface area (Å²) >= 11 is 0. The molecule has 2 amide bonds. The van der Waals surface area contributed by atoms with Crippen LogP contribution in [0.3, 0.4) is 0 Å². The van der Waals surface area contributed by atoms with Gasteiger partial charge in [0.25, 0.3) is 5.91 Å². The lowest BCUT2D eigenvalue weighted by Crippen LogP contribution is -2.45. The molecule has 0 radical (unpaired) electrons. The van der Waals surface area contributed by atoms with Crippen LogP contribution in [0.1, 0.15) is 33.7 Å². The first-order chi connectivity index (χ1) is 14.9. The number of halogens is 1. The molecule has 3 aromatic rings. The molecule has 3 aromatic heterocycles. The van der Waals surface area contributed by atoms with Crippen molar-refractivity contribution in [3.05, 3.63) is 53.7 Å². The molecule has 0 bridgehead atoms. The van der Waals surface area contributed by atoms with Crippen LogP contribution in [0, 0.1) is 0 Å². The van der Waals surface area contributed by atoms with E-state index in [1.165, 1.54) is 23.7 Å². The lowest BCUT2D eigenvalue weighted by atomic mass is 10.2. The zero-order chi connectivity index (χ0) is 22.4. The minimum atomic E-state index is -1.15. The largest absolute Gasteiger partial charge is 0.477 e. The van der Waals surface area contributed by atoms with E-state index in [1.807, 2.05) is 0 Å². The van der Waals surface area contributed by atoms with Crippen LogP contribution in [-0.4, -0.2) is 62.1 Å². The quantitative estimate of drug-likeness (QED) is 0.452.